The predicted molar refractivity (Wildman–Crippen MR) is 133 cm³/mol. The third-order valence-electron chi connectivity index (χ3n) is 7.43. The van der Waals surface area contributed by atoms with Crippen molar-refractivity contribution in [3.8, 4) is 6.07 Å². The zero-order valence-electron chi connectivity index (χ0n) is 19.0. The van der Waals surface area contributed by atoms with Gasteiger partial charge in [-0.2, -0.15) is 5.26 Å². The van der Waals surface area contributed by atoms with Gasteiger partial charge in [0.05, 0.1) is 30.3 Å². The Morgan fingerprint density at radius 3 is 2.68 bits per heavy atom. The molecule has 1 amide bonds. The number of amides is 1. The molecule has 0 aromatic heterocycles. The van der Waals surface area contributed by atoms with Gasteiger partial charge >= 0.3 is 0 Å². The molecule has 0 N–H and O–H groups in total. The molecule has 2 aromatic rings. The summed E-state index contributed by atoms with van der Waals surface area (Å²) in [6, 6.07) is 18.1. The van der Waals surface area contributed by atoms with E-state index in [9.17, 15) is 10.1 Å². The summed E-state index contributed by atoms with van der Waals surface area (Å²) in [5, 5.41) is 9.24. The number of carbonyl (C=O) groups is 1. The molecule has 4 aliphatic rings. The Labute approximate surface area is 208 Å². The number of carbonyl (C=O) groups excluding carboxylic acids is 1. The predicted octanol–water partition coefficient (Wildman–Crippen LogP) is 4.27. The molecule has 0 unspecified atom stereocenters. The number of aliphatic imine (C=N–C) groups is 1. The van der Waals surface area contributed by atoms with Crippen LogP contribution in [0.15, 0.2) is 69.3 Å². The van der Waals surface area contributed by atoms with Crippen molar-refractivity contribution in [1.82, 2.24) is 14.7 Å². The lowest BCUT2D eigenvalue weighted by Gasteiger charge is -2.47. The van der Waals surface area contributed by atoms with Crippen LogP contribution in [0.5, 0.6) is 0 Å². The minimum atomic E-state index is 0.0788. The van der Waals surface area contributed by atoms with Crippen molar-refractivity contribution in [2.24, 2.45) is 10.4 Å². The summed E-state index contributed by atoms with van der Waals surface area (Å²) in [6.45, 7) is 4.57. The lowest BCUT2D eigenvalue weighted by Crippen LogP contribution is -2.58. The van der Waals surface area contributed by atoms with E-state index >= 15 is 0 Å². The molecule has 1 spiro atoms. The maximum atomic E-state index is 13.8. The van der Waals surface area contributed by atoms with Crippen LogP contribution in [-0.2, 0) is 17.9 Å². The van der Waals surface area contributed by atoms with Crippen LogP contribution in [0.4, 0.5) is 0 Å². The number of benzene rings is 2. The maximum absolute atomic E-state index is 13.8. The maximum Gasteiger partial charge on any atom is 0.259 e. The molecule has 2 aromatic carbocycles. The van der Waals surface area contributed by atoms with Crippen LogP contribution in [0, 0.1) is 16.7 Å². The number of rotatable bonds is 4. The molecule has 34 heavy (non-hydrogen) atoms. The number of hydrogen-bond acceptors (Lipinski definition) is 5. The van der Waals surface area contributed by atoms with Crippen LogP contribution in [0.1, 0.15) is 36.0 Å². The van der Waals surface area contributed by atoms with Crippen molar-refractivity contribution < 1.29 is 4.79 Å². The van der Waals surface area contributed by atoms with Crippen molar-refractivity contribution in [3.05, 3.63) is 81.0 Å². The first-order chi connectivity index (χ1) is 16.5. The molecular formula is C27H26BrN5O. The van der Waals surface area contributed by atoms with Crippen molar-refractivity contribution in [1.29, 1.82) is 5.26 Å². The molecule has 7 heteroatoms. The Morgan fingerprint density at radius 2 is 1.91 bits per heavy atom. The third kappa shape index (κ3) is 3.95. The average Bonchev–Trinajstić information content (AvgIpc) is 3.61. The number of nitriles is 1. The molecule has 0 atom stereocenters. The molecule has 6 rings (SSSR count). The topological polar surface area (TPSA) is 62.9 Å². The molecule has 6 nitrogen and oxygen atoms in total. The number of guanidine groups is 1. The summed E-state index contributed by atoms with van der Waals surface area (Å²) in [4.78, 5) is 25.4. The second-order valence-corrected chi connectivity index (χ2v) is 10.8. The van der Waals surface area contributed by atoms with E-state index in [1.807, 2.05) is 35.2 Å². The highest BCUT2D eigenvalue weighted by atomic mass is 79.9. The number of nitrogens with zero attached hydrogens (tertiary/aromatic N) is 5. The summed E-state index contributed by atoms with van der Waals surface area (Å²) in [5.41, 5.74) is 5.25. The summed E-state index contributed by atoms with van der Waals surface area (Å²) in [7, 11) is 0. The quantitative estimate of drug-likeness (QED) is 0.609. The van der Waals surface area contributed by atoms with Crippen LogP contribution in [0.25, 0.3) is 0 Å². The lowest BCUT2D eigenvalue weighted by atomic mass is 9.96. The molecule has 1 fully saturated rings. The fourth-order valence-corrected chi connectivity index (χ4v) is 5.58. The van der Waals surface area contributed by atoms with Crippen molar-refractivity contribution in [3.63, 3.8) is 0 Å². The number of fused-ring (bicyclic) bond motifs is 2. The van der Waals surface area contributed by atoms with E-state index < -0.39 is 0 Å². The Kier molecular flexibility index (Phi) is 5.31. The smallest absolute Gasteiger partial charge is 0.259 e. The first-order valence-corrected chi connectivity index (χ1v) is 12.6. The standard InChI is InChI=1S/C27H26BrN5O/c28-22-6-4-19(5-7-22)15-32-25(34)23-16-31(14-21-3-1-2-20(12-21)13-29)11-8-24(23)33-18-27(9-10-27)17-30-26(32)33/h1-7,12H,8-11,14-18H2. The van der Waals surface area contributed by atoms with Crippen LogP contribution < -0.4 is 0 Å². The normalized spacial score (nSPS) is 21.2. The van der Waals surface area contributed by atoms with Gasteiger partial charge in [0.2, 0.25) is 5.96 Å². The minimum Gasteiger partial charge on any atom is -0.315 e. The second kappa shape index (κ2) is 8.37. The highest BCUT2D eigenvalue weighted by Crippen LogP contribution is 2.50. The summed E-state index contributed by atoms with van der Waals surface area (Å²) in [6.07, 6.45) is 3.30. The van der Waals surface area contributed by atoms with E-state index in [-0.39, 0.29) is 5.91 Å². The fourth-order valence-electron chi connectivity index (χ4n) is 5.32. The van der Waals surface area contributed by atoms with Gasteiger partial charge in [-0.25, -0.2) is 0 Å². The largest absolute Gasteiger partial charge is 0.315 e. The van der Waals surface area contributed by atoms with E-state index in [2.05, 4.69) is 50.0 Å². The highest BCUT2D eigenvalue weighted by molar-refractivity contribution is 9.10. The first kappa shape index (κ1) is 21.6. The van der Waals surface area contributed by atoms with Gasteiger partial charge < -0.3 is 4.90 Å². The van der Waals surface area contributed by atoms with E-state index in [1.54, 1.807) is 0 Å². The zero-order valence-corrected chi connectivity index (χ0v) is 20.6. The SMILES string of the molecule is N#Cc1cccc(CN2CCC3=C(C2)C(=O)N(Cc2ccc(Br)cc2)C2=NCC4(CC4)CN23)c1. The van der Waals surface area contributed by atoms with Crippen molar-refractivity contribution in [2.75, 3.05) is 26.2 Å². The highest BCUT2D eigenvalue weighted by Gasteiger charge is 2.51. The molecule has 0 radical (unpaired) electrons. The van der Waals surface area contributed by atoms with Crippen molar-refractivity contribution in [2.45, 2.75) is 32.4 Å². The van der Waals surface area contributed by atoms with Crippen molar-refractivity contribution >= 4 is 27.8 Å². The summed E-state index contributed by atoms with van der Waals surface area (Å²) < 4.78 is 1.03. The van der Waals surface area contributed by atoms with Gasteiger partial charge in [0.1, 0.15) is 0 Å². The zero-order chi connectivity index (χ0) is 23.3. The van der Waals surface area contributed by atoms with E-state index in [0.29, 0.717) is 24.1 Å². The summed E-state index contributed by atoms with van der Waals surface area (Å²) >= 11 is 3.50. The molecule has 172 valence electrons. The van der Waals surface area contributed by atoms with E-state index in [1.165, 1.54) is 18.5 Å². The number of hydrogen-bond donors (Lipinski definition) is 0. The second-order valence-electron chi connectivity index (χ2n) is 9.92. The van der Waals surface area contributed by atoms with Crippen LogP contribution in [0.2, 0.25) is 0 Å². The molecule has 0 saturated heterocycles. The molecule has 0 bridgehead atoms. The monoisotopic (exact) mass is 515 g/mol. The van der Waals surface area contributed by atoms with E-state index in [4.69, 9.17) is 4.99 Å². The summed E-state index contributed by atoms with van der Waals surface area (Å²) in [5.74, 6) is 0.912. The number of halogens is 1. The third-order valence-corrected chi connectivity index (χ3v) is 7.96. The average molecular weight is 516 g/mol. The Hall–Kier alpha value is -2.95. The van der Waals surface area contributed by atoms with Gasteiger partial charge in [-0.15, -0.1) is 0 Å². The van der Waals surface area contributed by atoms with Crippen LogP contribution in [-0.4, -0.2) is 52.7 Å². The lowest BCUT2D eigenvalue weighted by molar-refractivity contribution is -0.125. The molecular weight excluding hydrogens is 490 g/mol. The Balaban J connectivity index is 1.30. The van der Waals surface area contributed by atoms with Crippen LogP contribution >= 0.6 is 15.9 Å². The Morgan fingerprint density at radius 1 is 1.09 bits per heavy atom. The van der Waals surface area contributed by atoms with Gasteiger partial charge in [0.25, 0.3) is 5.91 Å². The Bertz CT molecular complexity index is 1250. The van der Waals surface area contributed by atoms with Crippen LogP contribution in [0.3, 0.4) is 0 Å². The molecule has 3 aliphatic heterocycles. The molecule has 3 heterocycles. The van der Waals surface area contributed by atoms with Gasteiger partial charge in [-0.05, 0) is 48.2 Å². The van der Waals surface area contributed by atoms with Gasteiger partial charge in [-0.3, -0.25) is 19.6 Å². The van der Waals surface area contributed by atoms with Gasteiger partial charge in [-0.1, -0.05) is 40.2 Å². The van der Waals surface area contributed by atoms with Gasteiger partial charge in [0, 0.05) is 48.2 Å². The molecule has 1 aliphatic carbocycles. The van der Waals surface area contributed by atoms with Gasteiger partial charge in [0.15, 0.2) is 0 Å². The van der Waals surface area contributed by atoms with E-state index in [0.717, 1.165) is 59.7 Å². The molecule has 1 saturated carbocycles. The minimum absolute atomic E-state index is 0.0788. The first-order valence-electron chi connectivity index (χ1n) is 11.9. The fraction of sp³-hybridized carbons (Fsp3) is 0.370.